The van der Waals surface area contributed by atoms with Crippen LogP contribution < -0.4 is 0 Å². The quantitative estimate of drug-likeness (QED) is 0.730. The molecule has 2 N–H and O–H groups in total. The molecule has 0 bridgehead atoms. The van der Waals surface area contributed by atoms with E-state index in [0.29, 0.717) is 4.31 Å². The number of aliphatic carboxylic acids is 2. The van der Waals surface area contributed by atoms with E-state index in [1.807, 2.05) is 0 Å². The van der Waals surface area contributed by atoms with Gasteiger partial charge in [0, 0.05) is 13.1 Å². The van der Waals surface area contributed by atoms with Crippen LogP contribution in [0.3, 0.4) is 0 Å². The zero-order valence-electron chi connectivity index (χ0n) is 8.99. The smallest absolute Gasteiger partial charge is 0.350 e. The number of sulfonamides is 1. The summed E-state index contributed by atoms with van der Waals surface area (Å²) in [6.07, 6.45) is -0.307. The molecular formula is C8H11F2NO6S. The summed E-state index contributed by atoms with van der Waals surface area (Å²) in [5, 5.41) is 17.6. The normalized spacial score (nSPS) is 26.2. The molecule has 1 aliphatic heterocycles. The monoisotopic (exact) mass is 287 g/mol. The molecule has 0 aromatic carbocycles. The summed E-state index contributed by atoms with van der Waals surface area (Å²) in [5.41, 5.74) is 0. The van der Waals surface area contributed by atoms with Crippen molar-refractivity contribution in [3.8, 4) is 0 Å². The minimum absolute atomic E-state index is 0.307. The van der Waals surface area contributed by atoms with Gasteiger partial charge in [-0.05, 0) is 6.42 Å². The van der Waals surface area contributed by atoms with Crippen LogP contribution in [-0.4, -0.2) is 53.7 Å². The number of carboxylic acid groups (broad SMARTS) is 2. The predicted octanol–water partition coefficient (Wildman–Crippen LogP) is -0.354. The van der Waals surface area contributed by atoms with E-state index in [-0.39, 0.29) is 6.42 Å². The highest BCUT2D eigenvalue weighted by Crippen LogP contribution is 2.27. The van der Waals surface area contributed by atoms with Gasteiger partial charge in [-0.2, -0.15) is 13.1 Å². The lowest BCUT2D eigenvalue weighted by molar-refractivity contribution is -0.156. The number of hydrogen-bond acceptors (Lipinski definition) is 4. The van der Waals surface area contributed by atoms with Gasteiger partial charge in [0.25, 0.3) is 10.0 Å². The van der Waals surface area contributed by atoms with Crippen LogP contribution in [0.4, 0.5) is 8.78 Å². The number of carboxylic acids is 2. The van der Waals surface area contributed by atoms with Crippen molar-refractivity contribution in [1.29, 1.82) is 0 Å². The second-order valence-corrected chi connectivity index (χ2v) is 5.74. The molecule has 104 valence electrons. The van der Waals surface area contributed by atoms with Crippen LogP contribution >= 0.6 is 0 Å². The molecule has 0 aromatic heterocycles. The van der Waals surface area contributed by atoms with Crippen molar-refractivity contribution in [2.75, 3.05) is 13.1 Å². The second-order valence-electron chi connectivity index (χ2n) is 3.84. The molecule has 0 radical (unpaired) electrons. The van der Waals surface area contributed by atoms with E-state index in [1.165, 1.54) is 0 Å². The van der Waals surface area contributed by atoms with Gasteiger partial charge in [0.15, 0.2) is 0 Å². The molecule has 0 saturated carbocycles. The second kappa shape index (κ2) is 5.14. The van der Waals surface area contributed by atoms with E-state index in [4.69, 9.17) is 10.2 Å². The van der Waals surface area contributed by atoms with Crippen molar-refractivity contribution in [2.24, 2.45) is 11.8 Å². The Hall–Kier alpha value is -1.29. The Bertz CT molecular complexity index is 451. The van der Waals surface area contributed by atoms with Crippen LogP contribution in [0.5, 0.6) is 0 Å². The molecule has 7 nitrogen and oxygen atoms in total. The molecular weight excluding hydrogens is 276 g/mol. The maximum Gasteiger partial charge on any atom is 0.350 e. The molecule has 1 aliphatic rings. The fourth-order valence-corrected chi connectivity index (χ4v) is 2.77. The first-order valence-electron chi connectivity index (χ1n) is 4.90. The van der Waals surface area contributed by atoms with Crippen LogP contribution in [0.25, 0.3) is 0 Å². The summed E-state index contributed by atoms with van der Waals surface area (Å²) < 4.78 is 47.2. The van der Waals surface area contributed by atoms with Crippen LogP contribution in [-0.2, 0) is 19.6 Å². The summed E-state index contributed by atoms with van der Waals surface area (Å²) in [5.74, 6) is -9.34. The Kier molecular flexibility index (Phi) is 4.22. The molecule has 0 spiro atoms. The highest BCUT2D eigenvalue weighted by Gasteiger charge is 2.44. The molecule has 18 heavy (non-hydrogen) atoms. The van der Waals surface area contributed by atoms with Crippen molar-refractivity contribution < 1.29 is 37.0 Å². The van der Waals surface area contributed by atoms with Gasteiger partial charge >= 0.3 is 17.7 Å². The van der Waals surface area contributed by atoms with E-state index in [1.54, 1.807) is 0 Å². The standard InChI is InChI=1S/C8H11F2NO6S/c9-8(10)18(16,17)11-2-1-4(6(12)13)5(3-11)7(14)15/h4-5,8H,1-3H2,(H,12,13)(H,14,15). The lowest BCUT2D eigenvalue weighted by Gasteiger charge is -2.33. The fraction of sp³-hybridized carbons (Fsp3) is 0.750. The summed E-state index contributed by atoms with van der Waals surface area (Å²) in [7, 11) is -4.87. The molecule has 0 amide bonds. The Balaban J connectivity index is 2.94. The Labute approximate surface area is 101 Å². The molecule has 1 rings (SSSR count). The molecule has 1 saturated heterocycles. The minimum Gasteiger partial charge on any atom is -0.481 e. The van der Waals surface area contributed by atoms with Crippen molar-refractivity contribution in [2.45, 2.75) is 12.2 Å². The van der Waals surface area contributed by atoms with Gasteiger partial charge in [0.1, 0.15) is 0 Å². The highest BCUT2D eigenvalue weighted by molar-refractivity contribution is 7.89. The third-order valence-electron chi connectivity index (χ3n) is 2.79. The third-order valence-corrected chi connectivity index (χ3v) is 4.30. The highest BCUT2D eigenvalue weighted by atomic mass is 32.2. The summed E-state index contributed by atoms with van der Waals surface area (Å²) in [6.45, 7) is -1.17. The number of alkyl halides is 2. The van der Waals surface area contributed by atoms with Crippen molar-refractivity contribution in [1.82, 2.24) is 4.31 Å². The van der Waals surface area contributed by atoms with E-state index in [9.17, 15) is 26.8 Å². The van der Waals surface area contributed by atoms with Gasteiger partial charge in [-0.15, -0.1) is 0 Å². The molecule has 1 heterocycles. The maximum absolute atomic E-state index is 12.3. The minimum atomic E-state index is -4.87. The van der Waals surface area contributed by atoms with Crippen LogP contribution in [0.2, 0.25) is 0 Å². The van der Waals surface area contributed by atoms with Gasteiger partial charge in [0.2, 0.25) is 0 Å². The first-order valence-corrected chi connectivity index (χ1v) is 6.41. The molecule has 2 unspecified atom stereocenters. The first-order chi connectivity index (χ1) is 8.17. The Morgan fingerprint density at radius 2 is 1.67 bits per heavy atom. The molecule has 10 heteroatoms. The largest absolute Gasteiger partial charge is 0.481 e. The lowest BCUT2D eigenvalue weighted by Crippen LogP contribution is -2.49. The number of piperidine rings is 1. The average molecular weight is 287 g/mol. The van der Waals surface area contributed by atoms with Crippen molar-refractivity contribution in [3.63, 3.8) is 0 Å². The van der Waals surface area contributed by atoms with Gasteiger partial charge < -0.3 is 10.2 Å². The number of nitrogens with zero attached hydrogens (tertiary/aromatic N) is 1. The zero-order chi connectivity index (χ0) is 14.1. The van der Waals surface area contributed by atoms with Crippen LogP contribution in [0.15, 0.2) is 0 Å². The summed E-state index contributed by atoms with van der Waals surface area (Å²) in [4.78, 5) is 21.6. The van der Waals surface area contributed by atoms with E-state index >= 15 is 0 Å². The molecule has 0 aromatic rings. The lowest BCUT2D eigenvalue weighted by atomic mass is 9.86. The topological polar surface area (TPSA) is 112 Å². The number of carbonyl (C=O) groups is 2. The first kappa shape index (κ1) is 14.8. The van der Waals surface area contributed by atoms with E-state index in [0.717, 1.165) is 0 Å². The summed E-state index contributed by atoms with van der Waals surface area (Å²) >= 11 is 0. The van der Waals surface area contributed by atoms with Crippen molar-refractivity contribution in [3.05, 3.63) is 0 Å². The number of hydrogen-bond donors (Lipinski definition) is 2. The zero-order valence-corrected chi connectivity index (χ0v) is 9.81. The van der Waals surface area contributed by atoms with Gasteiger partial charge in [-0.3, -0.25) is 9.59 Å². The summed E-state index contributed by atoms with van der Waals surface area (Å²) in [6, 6.07) is 0. The molecule has 1 fully saturated rings. The number of rotatable bonds is 4. The predicted molar refractivity (Wildman–Crippen MR) is 53.4 cm³/mol. The SMILES string of the molecule is O=C(O)C1CCN(S(=O)(=O)C(F)F)CC1C(=O)O. The molecule has 0 aliphatic carbocycles. The van der Waals surface area contributed by atoms with Crippen LogP contribution in [0.1, 0.15) is 6.42 Å². The van der Waals surface area contributed by atoms with E-state index in [2.05, 4.69) is 0 Å². The van der Waals surface area contributed by atoms with Crippen molar-refractivity contribution >= 4 is 22.0 Å². The van der Waals surface area contributed by atoms with Gasteiger partial charge in [-0.1, -0.05) is 0 Å². The number of halogens is 2. The van der Waals surface area contributed by atoms with Gasteiger partial charge in [-0.25, -0.2) is 8.42 Å². The fourth-order valence-electron chi connectivity index (χ4n) is 1.81. The Morgan fingerprint density at radius 3 is 2.06 bits per heavy atom. The maximum atomic E-state index is 12.3. The molecule has 2 atom stereocenters. The Morgan fingerprint density at radius 1 is 1.17 bits per heavy atom. The average Bonchev–Trinajstić information content (AvgIpc) is 2.27. The van der Waals surface area contributed by atoms with Crippen LogP contribution in [0, 0.1) is 11.8 Å². The van der Waals surface area contributed by atoms with E-state index < -0.39 is 52.6 Å². The third kappa shape index (κ3) is 2.75. The van der Waals surface area contributed by atoms with Gasteiger partial charge in [0.05, 0.1) is 11.8 Å².